The van der Waals surface area contributed by atoms with E-state index in [2.05, 4.69) is 39.7 Å². The van der Waals surface area contributed by atoms with Crippen LogP contribution >= 0.6 is 0 Å². The van der Waals surface area contributed by atoms with Crippen molar-refractivity contribution < 1.29 is 9.47 Å². The van der Waals surface area contributed by atoms with E-state index in [1.807, 2.05) is 6.92 Å². The average molecular weight is 334 g/mol. The van der Waals surface area contributed by atoms with Gasteiger partial charge in [-0.1, -0.05) is 13.8 Å². The van der Waals surface area contributed by atoms with Gasteiger partial charge in [0.15, 0.2) is 5.79 Å². The van der Waals surface area contributed by atoms with Crippen LogP contribution < -0.4 is 9.80 Å². The molecule has 3 heterocycles. The van der Waals surface area contributed by atoms with Gasteiger partial charge in [0.25, 0.3) is 0 Å². The lowest BCUT2D eigenvalue weighted by Crippen LogP contribution is -2.45. The molecule has 3 rings (SSSR count). The van der Waals surface area contributed by atoms with Crippen LogP contribution in [0.4, 0.5) is 11.6 Å². The molecule has 1 aromatic rings. The Bertz CT molecular complexity index is 530. The zero-order chi connectivity index (χ0) is 17.0. The molecule has 0 amide bonds. The topological polar surface area (TPSA) is 50.7 Å². The standard InChI is InChI=1S/C18H30N4O2/c1-4-8-21(9-5-2)16-14-17(20-15(3)19-16)22-10-6-18(7-11-22)23-12-13-24-18/h14H,4-13H2,1-3H3. The molecule has 134 valence electrons. The Morgan fingerprint density at radius 1 is 1.08 bits per heavy atom. The van der Waals surface area contributed by atoms with Crippen molar-refractivity contribution in [2.45, 2.75) is 52.2 Å². The summed E-state index contributed by atoms with van der Waals surface area (Å²) < 4.78 is 11.7. The minimum Gasteiger partial charge on any atom is -0.356 e. The SMILES string of the molecule is CCCN(CCC)c1cc(N2CCC3(CC2)OCCO3)nc(C)n1. The summed E-state index contributed by atoms with van der Waals surface area (Å²) in [5, 5.41) is 0. The smallest absolute Gasteiger partial charge is 0.171 e. The Labute approximate surface area is 145 Å². The van der Waals surface area contributed by atoms with E-state index in [-0.39, 0.29) is 5.79 Å². The molecular formula is C18H30N4O2. The van der Waals surface area contributed by atoms with Crippen molar-refractivity contribution in [1.29, 1.82) is 0 Å². The van der Waals surface area contributed by atoms with E-state index in [1.165, 1.54) is 0 Å². The van der Waals surface area contributed by atoms with Crippen LogP contribution in [-0.4, -0.2) is 55.1 Å². The summed E-state index contributed by atoms with van der Waals surface area (Å²) in [7, 11) is 0. The zero-order valence-corrected chi connectivity index (χ0v) is 15.3. The largest absolute Gasteiger partial charge is 0.356 e. The van der Waals surface area contributed by atoms with E-state index in [0.717, 1.165) is 82.5 Å². The molecule has 0 atom stereocenters. The first-order valence-corrected chi connectivity index (χ1v) is 9.29. The van der Waals surface area contributed by atoms with Crippen LogP contribution in [0.5, 0.6) is 0 Å². The summed E-state index contributed by atoms with van der Waals surface area (Å²) in [6.45, 7) is 11.8. The summed E-state index contributed by atoms with van der Waals surface area (Å²) in [5.74, 6) is 2.59. The number of aromatic nitrogens is 2. The highest BCUT2D eigenvalue weighted by Gasteiger charge is 2.40. The Morgan fingerprint density at radius 3 is 2.29 bits per heavy atom. The molecule has 2 fully saturated rings. The highest BCUT2D eigenvalue weighted by Crippen LogP contribution is 2.33. The molecule has 1 spiro atoms. The van der Waals surface area contributed by atoms with Crippen LogP contribution in [0, 0.1) is 6.92 Å². The minimum absolute atomic E-state index is 0.335. The van der Waals surface area contributed by atoms with Gasteiger partial charge in [0.1, 0.15) is 17.5 Å². The summed E-state index contributed by atoms with van der Waals surface area (Å²) >= 11 is 0. The minimum atomic E-state index is -0.335. The van der Waals surface area contributed by atoms with Gasteiger partial charge in [0.05, 0.1) is 13.2 Å². The van der Waals surface area contributed by atoms with Crippen molar-refractivity contribution in [3.8, 4) is 0 Å². The van der Waals surface area contributed by atoms with E-state index in [9.17, 15) is 0 Å². The second kappa shape index (κ2) is 7.66. The van der Waals surface area contributed by atoms with Crippen LogP contribution in [-0.2, 0) is 9.47 Å². The van der Waals surface area contributed by atoms with Crippen LogP contribution in [0.3, 0.4) is 0 Å². The molecule has 0 aliphatic carbocycles. The Balaban J connectivity index is 1.74. The molecule has 0 saturated carbocycles. The van der Waals surface area contributed by atoms with Crippen LogP contribution in [0.25, 0.3) is 0 Å². The number of rotatable bonds is 6. The quantitative estimate of drug-likeness (QED) is 0.797. The lowest BCUT2D eigenvalue weighted by Gasteiger charge is -2.38. The van der Waals surface area contributed by atoms with Gasteiger partial charge >= 0.3 is 0 Å². The third kappa shape index (κ3) is 3.81. The second-order valence-electron chi connectivity index (χ2n) is 6.71. The van der Waals surface area contributed by atoms with Gasteiger partial charge in [-0.2, -0.15) is 0 Å². The average Bonchev–Trinajstić information content (AvgIpc) is 3.03. The number of hydrogen-bond donors (Lipinski definition) is 0. The fraction of sp³-hybridized carbons (Fsp3) is 0.778. The number of nitrogens with zero attached hydrogens (tertiary/aromatic N) is 4. The first-order chi connectivity index (χ1) is 11.7. The zero-order valence-electron chi connectivity index (χ0n) is 15.3. The maximum absolute atomic E-state index is 5.83. The van der Waals surface area contributed by atoms with Gasteiger partial charge in [-0.05, 0) is 19.8 Å². The fourth-order valence-electron chi connectivity index (χ4n) is 3.60. The second-order valence-corrected chi connectivity index (χ2v) is 6.71. The van der Waals surface area contributed by atoms with E-state index >= 15 is 0 Å². The fourth-order valence-corrected chi connectivity index (χ4v) is 3.60. The van der Waals surface area contributed by atoms with Gasteiger partial charge in [-0.3, -0.25) is 0 Å². The van der Waals surface area contributed by atoms with Gasteiger partial charge in [0.2, 0.25) is 0 Å². The normalized spacial score (nSPS) is 19.9. The lowest BCUT2D eigenvalue weighted by molar-refractivity contribution is -0.169. The molecule has 1 aromatic heterocycles. The molecule has 24 heavy (non-hydrogen) atoms. The Kier molecular flexibility index (Phi) is 5.56. The first kappa shape index (κ1) is 17.4. The van der Waals surface area contributed by atoms with Crippen molar-refractivity contribution in [1.82, 2.24) is 9.97 Å². The molecule has 0 aromatic carbocycles. The lowest BCUT2D eigenvalue weighted by atomic mass is 10.0. The van der Waals surface area contributed by atoms with Crippen molar-refractivity contribution >= 4 is 11.6 Å². The number of anilines is 2. The molecule has 0 radical (unpaired) electrons. The van der Waals surface area contributed by atoms with E-state index in [1.54, 1.807) is 0 Å². The molecular weight excluding hydrogens is 304 g/mol. The third-order valence-electron chi connectivity index (χ3n) is 4.78. The van der Waals surface area contributed by atoms with Crippen LogP contribution in [0.2, 0.25) is 0 Å². The number of aryl methyl sites for hydroxylation is 1. The monoisotopic (exact) mass is 334 g/mol. The van der Waals surface area contributed by atoms with Gasteiger partial charge in [-0.25, -0.2) is 9.97 Å². The van der Waals surface area contributed by atoms with Gasteiger partial charge in [0, 0.05) is 45.1 Å². The van der Waals surface area contributed by atoms with Gasteiger partial charge in [-0.15, -0.1) is 0 Å². The predicted octanol–water partition coefficient (Wildman–Crippen LogP) is 2.75. The van der Waals surface area contributed by atoms with E-state index in [4.69, 9.17) is 9.47 Å². The number of ether oxygens (including phenoxy) is 2. The molecule has 0 N–H and O–H groups in total. The highest BCUT2D eigenvalue weighted by atomic mass is 16.7. The molecule has 2 aliphatic rings. The van der Waals surface area contributed by atoms with Crippen LogP contribution in [0.1, 0.15) is 45.4 Å². The van der Waals surface area contributed by atoms with Crippen molar-refractivity contribution in [2.24, 2.45) is 0 Å². The maximum atomic E-state index is 5.83. The molecule has 0 bridgehead atoms. The molecule has 2 saturated heterocycles. The van der Waals surface area contributed by atoms with Crippen molar-refractivity contribution in [2.75, 3.05) is 49.2 Å². The third-order valence-corrected chi connectivity index (χ3v) is 4.78. The molecule has 0 unspecified atom stereocenters. The Morgan fingerprint density at radius 2 is 1.71 bits per heavy atom. The molecule has 6 nitrogen and oxygen atoms in total. The van der Waals surface area contributed by atoms with E-state index in [0.29, 0.717) is 0 Å². The highest BCUT2D eigenvalue weighted by molar-refractivity contribution is 5.51. The summed E-state index contributed by atoms with van der Waals surface area (Å²) in [6.07, 6.45) is 4.05. The number of hydrogen-bond acceptors (Lipinski definition) is 6. The molecule has 6 heteroatoms. The first-order valence-electron chi connectivity index (χ1n) is 9.29. The Hall–Kier alpha value is -1.40. The van der Waals surface area contributed by atoms with E-state index < -0.39 is 0 Å². The summed E-state index contributed by atoms with van der Waals surface area (Å²) in [6, 6.07) is 2.15. The maximum Gasteiger partial charge on any atom is 0.171 e. The van der Waals surface area contributed by atoms with Crippen LogP contribution in [0.15, 0.2) is 6.07 Å². The van der Waals surface area contributed by atoms with Crippen molar-refractivity contribution in [3.63, 3.8) is 0 Å². The summed E-state index contributed by atoms with van der Waals surface area (Å²) in [4.78, 5) is 14.1. The predicted molar refractivity (Wildman–Crippen MR) is 95.6 cm³/mol. The summed E-state index contributed by atoms with van der Waals surface area (Å²) in [5.41, 5.74) is 0. The molecule has 2 aliphatic heterocycles. The van der Waals surface area contributed by atoms with Crippen molar-refractivity contribution in [3.05, 3.63) is 11.9 Å². The van der Waals surface area contributed by atoms with Gasteiger partial charge < -0.3 is 19.3 Å². The number of piperidine rings is 1.